The normalized spacial score (nSPS) is 26.5. The monoisotopic (exact) mass is 703 g/mol. The first kappa shape index (κ1) is 37.6. The van der Waals surface area contributed by atoms with Gasteiger partial charge < -0.3 is 30.9 Å². The van der Waals surface area contributed by atoms with Crippen molar-refractivity contribution >= 4 is 34.6 Å². The fourth-order valence-electron chi connectivity index (χ4n) is 7.60. The summed E-state index contributed by atoms with van der Waals surface area (Å²) in [4.78, 5) is 49.8. The van der Waals surface area contributed by atoms with Crippen LogP contribution < -0.4 is 21.3 Å². The molecule has 3 aliphatic rings. The number of ether oxygens (including phenoxy) is 1. The minimum absolute atomic E-state index is 0.0729. The maximum atomic E-state index is 14.0. The van der Waals surface area contributed by atoms with E-state index in [0.717, 1.165) is 18.6 Å². The molecule has 5 rings (SSSR count). The Morgan fingerprint density at radius 2 is 1.58 bits per heavy atom. The standard InChI is InChI=1S/C36H52F3N7O4/c1-20(47)40-28-19-24(45-34(2,3)4)13-15-29(28)46-17-16-27(32(46)48)43-31-25-18-22(36(37,38)39)10-14-26(25)42-30(44-31)21-8-11-23(12-9-21)41-33(49)50-35(5,6)7/h10,14,18,21,23-24,27-29,45H,8-9,11-13,15-17,19H2,1-7H3,(H,40,47)(H,41,49)(H,42,43,44)/t21?,23?,24-,27+,28-,29+/m1/s1. The van der Waals surface area contributed by atoms with Gasteiger partial charge >= 0.3 is 12.3 Å². The number of benzene rings is 1. The number of anilines is 1. The lowest BCUT2D eigenvalue weighted by molar-refractivity contribution is -0.137. The highest BCUT2D eigenvalue weighted by Gasteiger charge is 2.43. The molecule has 2 heterocycles. The molecule has 0 radical (unpaired) electrons. The molecule has 14 heteroatoms. The maximum absolute atomic E-state index is 14.0. The van der Waals surface area contributed by atoms with Crippen molar-refractivity contribution in [1.82, 2.24) is 30.8 Å². The fraction of sp³-hybridized carbons (Fsp3) is 0.694. The summed E-state index contributed by atoms with van der Waals surface area (Å²) in [5.74, 6) is 0.286. The zero-order chi connectivity index (χ0) is 36.6. The van der Waals surface area contributed by atoms with E-state index in [4.69, 9.17) is 14.7 Å². The number of halogens is 3. The van der Waals surface area contributed by atoms with Crippen molar-refractivity contribution in [3.8, 4) is 0 Å². The minimum atomic E-state index is -4.57. The van der Waals surface area contributed by atoms with Crippen LogP contribution >= 0.6 is 0 Å². The second-order valence-electron chi connectivity index (χ2n) is 16.2. The molecule has 3 fully saturated rings. The molecule has 1 aromatic heterocycles. The lowest BCUT2D eigenvalue weighted by Gasteiger charge is -2.43. The zero-order valence-corrected chi connectivity index (χ0v) is 30.2. The van der Waals surface area contributed by atoms with E-state index in [9.17, 15) is 27.6 Å². The first-order valence-electron chi connectivity index (χ1n) is 17.8. The maximum Gasteiger partial charge on any atom is 0.416 e. The van der Waals surface area contributed by atoms with Gasteiger partial charge in [0.2, 0.25) is 11.8 Å². The van der Waals surface area contributed by atoms with Crippen molar-refractivity contribution in [2.24, 2.45) is 0 Å². The van der Waals surface area contributed by atoms with Gasteiger partial charge in [-0.3, -0.25) is 9.59 Å². The smallest absolute Gasteiger partial charge is 0.416 e. The van der Waals surface area contributed by atoms with Crippen molar-refractivity contribution in [1.29, 1.82) is 0 Å². The Morgan fingerprint density at radius 1 is 0.900 bits per heavy atom. The highest BCUT2D eigenvalue weighted by Crippen LogP contribution is 2.37. The van der Waals surface area contributed by atoms with Crippen LogP contribution in [0.2, 0.25) is 0 Å². The number of fused-ring (bicyclic) bond motifs is 1. The van der Waals surface area contributed by atoms with Crippen molar-refractivity contribution in [3.63, 3.8) is 0 Å². The summed E-state index contributed by atoms with van der Waals surface area (Å²) in [6.07, 6.45) is 0.297. The number of nitrogens with zero attached hydrogens (tertiary/aromatic N) is 3. The largest absolute Gasteiger partial charge is 0.444 e. The molecule has 2 aliphatic carbocycles. The van der Waals surface area contributed by atoms with Gasteiger partial charge in [0.05, 0.1) is 23.2 Å². The minimum Gasteiger partial charge on any atom is -0.444 e. The molecule has 1 aliphatic heterocycles. The highest BCUT2D eigenvalue weighted by molar-refractivity contribution is 5.93. The number of likely N-dealkylation sites (tertiary alicyclic amines) is 1. The molecule has 1 aromatic carbocycles. The van der Waals surface area contributed by atoms with Crippen LogP contribution in [0.15, 0.2) is 18.2 Å². The Bertz CT molecular complexity index is 1560. The van der Waals surface area contributed by atoms with Crippen LogP contribution in [0.25, 0.3) is 10.9 Å². The predicted molar refractivity (Wildman–Crippen MR) is 185 cm³/mol. The lowest BCUT2D eigenvalue weighted by Crippen LogP contribution is -2.59. The van der Waals surface area contributed by atoms with E-state index < -0.39 is 29.5 Å². The van der Waals surface area contributed by atoms with Gasteiger partial charge in [-0.15, -0.1) is 0 Å². The molecule has 4 N–H and O–H groups in total. The van der Waals surface area contributed by atoms with Gasteiger partial charge in [0, 0.05) is 42.4 Å². The van der Waals surface area contributed by atoms with Crippen LogP contribution in [0.1, 0.15) is 117 Å². The quantitative estimate of drug-likeness (QED) is 0.275. The van der Waals surface area contributed by atoms with Gasteiger partial charge in [-0.2, -0.15) is 13.2 Å². The average Bonchev–Trinajstić information content (AvgIpc) is 3.34. The SMILES string of the molecule is CC(=O)N[C@@H]1C[C@H](NC(C)(C)C)CC[C@@H]1N1CC[C@H](Nc2nc(C3CCC(NC(=O)OC(C)(C)C)CC3)nc3ccc(C(F)(F)F)cc23)C1=O. The Morgan fingerprint density at radius 3 is 2.20 bits per heavy atom. The number of alkyl carbamates (subject to hydrolysis) is 1. The van der Waals surface area contributed by atoms with Gasteiger partial charge in [0.15, 0.2) is 0 Å². The lowest BCUT2D eigenvalue weighted by atomic mass is 9.84. The number of alkyl halides is 3. The molecule has 1 saturated heterocycles. The fourth-order valence-corrected chi connectivity index (χ4v) is 7.60. The topological polar surface area (TPSA) is 138 Å². The summed E-state index contributed by atoms with van der Waals surface area (Å²) in [5.41, 5.74) is -1.17. The Labute approximate surface area is 292 Å². The van der Waals surface area contributed by atoms with Gasteiger partial charge in [0.25, 0.3) is 0 Å². The third-order valence-electron chi connectivity index (χ3n) is 9.64. The van der Waals surface area contributed by atoms with Crippen molar-refractivity contribution in [2.45, 2.75) is 153 Å². The number of hydrogen-bond acceptors (Lipinski definition) is 8. The summed E-state index contributed by atoms with van der Waals surface area (Å²) in [6.45, 7) is 13.6. The second-order valence-corrected chi connectivity index (χ2v) is 16.2. The van der Waals surface area contributed by atoms with E-state index in [2.05, 4.69) is 42.0 Å². The van der Waals surface area contributed by atoms with E-state index in [-0.39, 0.29) is 58.6 Å². The molecular weight excluding hydrogens is 651 g/mol. The van der Waals surface area contributed by atoms with E-state index in [1.54, 1.807) is 20.8 Å². The Balaban J connectivity index is 1.35. The van der Waals surface area contributed by atoms with E-state index in [0.29, 0.717) is 62.8 Å². The molecule has 2 saturated carbocycles. The molecule has 2 aromatic rings. The third kappa shape index (κ3) is 9.55. The van der Waals surface area contributed by atoms with Crippen LogP contribution in [0.5, 0.6) is 0 Å². The number of carbonyl (C=O) groups is 3. The van der Waals surface area contributed by atoms with Crippen molar-refractivity contribution < 1.29 is 32.3 Å². The Hall–Kier alpha value is -3.68. The van der Waals surface area contributed by atoms with Crippen LogP contribution in [-0.4, -0.2) is 80.7 Å². The summed E-state index contributed by atoms with van der Waals surface area (Å²) in [7, 11) is 0. The molecule has 50 heavy (non-hydrogen) atoms. The summed E-state index contributed by atoms with van der Waals surface area (Å²) in [5, 5.41) is 13.0. The molecule has 4 atom stereocenters. The average molecular weight is 704 g/mol. The first-order valence-corrected chi connectivity index (χ1v) is 17.8. The number of carbonyl (C=O) groups excluding carboxylic acids is 3. The van der Waals surface area contributed by atoms with Gasteiger partial charge in [-0.25, -0.2) is 14.8 Å². The third-order valence-corrected chi connectivity index (χ3v) is 9.64. The summed E-state index contributed by atoms with van der Waals surface area (Å²) < 4.78 is 46.8. The molecule has 3 amide bonds. The first-order chi connectivity index (χ1) is 23.3. The van der Waals surface area contributed by atoms with Crippen LogP contribution in [-0.2, 0) is 20.5 Å². The Kier molecular flexibility index (Phi) is 10.9. The molecule has 0 unspecified atom stereocenters. The molecular formula is C36H52F3N7O4. The second kappa shape index (κ2) is 14.5. The zero-order valence-electron chi connectivity index (χ0n) is 30.2. The summed E-state index contributed by atoms with van der Waals surface area (Å²) in [6, 6.07) is 2.39. The predicted octanol–water partition coefficient (Wildman–Crippen LogP) is 6.03. The highest BCUT2D eigenvalue weighted by atomic mass is 19.4. The van der Waals surface area contributed by atoms with Crippen LogP contribution in [0, 0.1) is 0 Å². The molecule has 276 valence electrons. The van der Waals surface area contributed by atoms with Crippen molar-refractivity contribution in [3.05, 3.63) is 29.6 Å². The van der Waals surface area contributed by atoms with E-state index >= 15 is 0 Å². The number of aromatic nitrogens is 2. The van der Waals surface area contributed by atoms with Crippen LogP contribution in [0.4, 0.5) is 23.8 Å². The number of rotatable bonds is 7. The van der Waals surface area contributed by atoms with Crippen LogP contribution in [0.3, 0.4) is 0 Å². The summed E-state index contributed by atoms with van der Waals surface area (Å²) >= 11 is 0. The number of hydrogen-bond donors (Lipinski definition) is 4. The molecule has 11 nitrogen and oxygen atoms in total. The van der Waals surface area contributed by atoms with Crippen molar-refractivity contribution in [2.75, 3.05) is 11.9 Å². The number of nitrogens with one attached hydrogen (secondary N) is 4. The van der Waals surface area contributed by atoms with Gasteiger partial charge in [0.1, 0.15) is 23.3 Å². The van der Waals surface area contributed by atoms with Gasteiger partial charge in [-0.05, 0) is 111 Å². The molecule has 0 spiro atoms. The molecule has 0 bridgehead atoms. The van der Waals surface area contributed by atoms with E-state index in [1.807, 2.05) is 4.90 Å². The van der Waals surface area contributed by atoms with Gasteiger partial charge in [-0.1, -0.05) is 0 Å². The van der Waals surface area contributed by atoms with E-state index in [1.165, 1.54) is 13.0 Å². The number of amides is 3.